The molecule has 1 radical (unpaired) electrons. The van der Waals surface area contributed by atoms with E-state index in [-0.39, 0.29) is 131 Å². The van der Waals surface area contributed by atoms with Crippen molar-refractivity contribution in [3.63, 3.8) is 0 Å². The summed E-state index contributed by atoms with van der Waals surface area (Å²) in [5.74, 6) is -2.31. The van der Waals surface area contributed by atoms with Gasteiger partial charge < -0.3 is 31.2 Å². The van der Waals surface area contributed by atoms with Crippen molar-refractivity contribution in [1.82, 2.24) is 19.9 Å². The van der Waals surface area contributed by atoms with E-state index in [9.17, 15) is 45.5 Å². The Hall–Kier alpha value is -8.55. The summed E-state index contributed by atoms with van der Waals surface area (Å²) < 4.78 is 86.1. The molecule has 2 aliphatic heterocycles. The van der Waals surface area contributed by atoms with Gasteiger partial charge in [-0.05, 0) is 154 Å². The number of benzene rings is 4. The second kappa shape index (κ2) is 21.3. The minimum Gasteiger partial charge on any atom is -0.657 e. The van der Waals surface area contributed by atoms with E-state index in [1.165, 1.54) is 24.3 Å². The zero-order valence-corrected chi connectivity index (χ0v) is 50.9. The molecule has 12 nitrogen and oxygen atoms in total. The number of fused-ring (bicyclic) bond motifs is 8. The van der Waals surface area contributed by atoms with Crippen LogP contribution in [0.1, 0.15) is 115 Å². The third-order valence-corrected chi connectivity index (χ3v) is 18.6. The van der Waals surface area contributed by atoms with Crippen molar-refractivity contribution >= 4 is 92.7 Å². The van der Waals surface area contributed by atoms with Gasteiger partial charge in [-0.25, -0.2) is 9.97 Å². The van der Waals surface area contributed by atoms with Gasteiger partial charge in [0.2, 0.25) is 23.6 Å². The Bertz CT molecular complexity index is 3990. The molecule has 4 N–H and O–H groups in total. The molecule has 0 unspecified atom stereocenters. The molecule has 4 atom stereocenters. The fourth-order valence-electron chi connectivity index (χ4n) is 12.4. The maximum Gasteiger partial charge on any atom is 2.00 e. The van der Waals surface area contributed by atoms with Crippen LogP contribution in [0.2, 0.25) is 0 Å². The number of anilines is 4. The SMILES string of the molecule is CC1(C)C[C@@H]1C(=O)Nc1cccc(NC(=O)[C@@H]2CC2(C)C)c1-c1c2nc(c(-c3ccc(C(F)(F)F)cc3)c3ccc([n-]3)c(-c3c(NC(=O)[C@H]4CC4(C)C)cccc3NC(=O)[C@@H]3CC3(C)C)c3nc(c(-c4ccc(C(F)(F)F)cc4)c4ccc1[n-]4)C=C3)C=C2.[Co+2]. The van der Waals surface area contributed by atoms with E-state index in [1.807, 2.05) is 55.4 Å². The number of amides is 4. The van der Waals surface area contributed by atoms with Crippen LogP contribution in [0.15, 0.2) is 109 Å². The molecular formula is C70H62CoF6N8O4. The predicted octanol–water partition coefficient (Wildman–Crippen LogP) is 16.6. The molecule has 4 aliphatic carbocycles. The van der Waals surface area contributed by atoms with E-state index in [0.29, 0.717) is 92.9 Å². The molecule has 4 saturated carbocycles. The van der Waals surface area contributed by atoms with E-state index in [4.69, 9.17) is 19.9 Å². The molecule has 8 bridgehead atoms. The van der Waals surface area contributed by atoms with Crippen molar-refractivity contribution in [3.8, 4) is 44.5 Å². The molecule has 89 heavy (non-hydrogen) atoms. The first-order valence-corrected chi connectivity index (χ1v) is 29.4. The number of alkyl halides is 6. The Labute approximate surface area is 520 Å². The van der Waals surface area contributed by atoms with Gasteiger partial charge in [-0.15, -0.1) is 22.1 Å². The fraction of sp³-hybridized carbons (Fsp3) is 0.314. The maximum atomic E-state index is 14.3. The normalized spacial score (nSPS) is 20.2. The van der Waals surface area contributed by atoms with E-state index in [1.54, 1.807) is 85.0 Å². The molecule has 19 heteroatoms. The van der Waals surface area contributed by atoms with Gasteiger partial charge in [0.1, 0.15) is 0 Å². The minimum absolute atomic E-state index is 0. The van der Waals surface area contributed by atoms with Gasteiger partial charge >= 0.3 is 29.1 Å². The second-order valence-electron chi connectivity index (χ2n) is 26.9. The molecule has 4 fully saturated rings. The average molecular weight is 1250 g/mol. The summed E-state index contributed by atoms with van der Waals surface area (Å²) in [6.45, 7) is 16.0. The molecule has 3 aromatic heterocycles. The molecule has 457 valence electrons. The molecule has 0 spiro atoms. The third-order valence-electron chi connectivity index (χ3n) is 18.6. The van der Waals surface area contributed by atoms with Gasteiger partial charge in [0.05, 0.1) is 56.7 Å². The summed E-state index contributed by atoms with van der Waals surface area (Å²) in [5.41, 5.74) is 3.05. The molecule has 7 aromatic rings. The summed E-state index contributed by atoms with van der Waals surface area (Å²) in [6.07, 6.45) is 0.0219. The third kappa shape index (κ3) is 11.5. The zero-order chi connectivity index (χ0) is 62.4. The van der Waals surface area contributed by atoms with Gasteiger partial charge in [-0.3, -0.25) is 19.2 Å². The van der Waals surface area contributed by atoms with Gasteiger partial charge in [0, 0.05) is 34.8 Å². The molecule has 4 aromatic carbocycles. The van der Waals surface area contributed by atoms with Crippen molar-refractivity contribution < 1.29 is 62.3 Å². The smallest absolute Gasteiger partial charge is 0.657 e. The molecule has 4 amide bonds. The summed E-state index contributed by atoms with van der Waals surface area (Å²) in [7, 11) is 0. The number of nitrogens with one attached hydrogen (secondary N) is 4. The Balaban J connectivity index is 0.00000769. The monoisotopic (exact) mass is 1250 g/mol. The topological polar surface area (TPSA) is 170 Å². The zero-order valence-electron chi connectivity index (χ0n) is 49.9. The number of carbonyl (C=O) groups is 4. The molecule has 13 rings (SSSR count). The maximum absolute atomic E-state index is 14.3. The Morgan fingerprint density at radius 3 is 0.854 bits per heavy atom. The van der Waals surface area contributed by atoms with Crippen LogP contribution >= 0.6 is 0 Å². The number of aromatic nitrogens is 4. The number of rotatable bonds is 12. The van der Waals surface area contributed by atoms with Crippen molar-refractivity contribution in [2.24, 2.45) is 45.3 Å². The largest absolute Gasteiger partial charge is 2.00 e. The summed E-state index contributed by atoms with van der Waals surface area (Å²) >= 11 is 0. The standard InChI is InChI=1S/C70H64F6N8O4.Co/c1-65(2)31-39(65)61(85)81-43-11-9-12-44(82-62(86)40-32-66(40,3)4)57(43)59-51-27-23-47(77-51)55(35-15-19-37(20-16-35)69(71,72)73)49-25-29-53(79-49)60(54-30-26-50(80-54)56(48-24-28-52(59)78-48)36-17-21-38(22-18-36)70(74,75)76)58-45(83-63(87)41-33-67(41,5)6)13-10-14-46(58)84-64(88)42-34-68(42,7)8;/h9-30,39-42H,31-34H2,1-8H3,(H6,77,78,79,80,81,82,83,84,85,86,87,88);/q;+2/p-2/t39-,40+,41-,42+;. The van der Waals surface area contributed by atoms with Crippen LogP contribution in [-0.2, 0) is 48.3 Å². The number of hydrogen-bond donors (Lipinski definition) is 4. The quantitative estimate of drug-likeness (QED) is 0.0876. The van der Waals surface area contributed by atoms with Crippen LogP contribution in [0, 0.1) is 45.3 Å². The van der Waals surface area contributed by atoms with Gasteiger partial charge in [-0.2, -0.15) is 26.3 Å². The Kier molecular flexibility index (Phi) is 14.5. The van der Waals surface area contributed by atoms with E-state index >= 15 is 0 Å². The second-order valence-corrected chi connectivity index (χ2v) is 26.9. The summed E-state index contributed by atoms with van der Waals surface area (Å²) in [4.78, 5) is 78.2. The molecule has 0 saturated heterocycles. The summed E-state index contributed by atoms with van der Waals surface area (Å²) in [6, 6.07) is 26.4. The van der Waals surface area contributed by atoms with Crippen molar-refractivity contribution in [2.75, 3.05) is 21.3 Å². The predicted molar refractivity (Wildman–Crippen MR) is 331 cm³/mol. The van der Waals surface area contributed by atoms with E-state index < -0.39 is 23.5 Å². The average Bonchev–Trinajstić information content (AvgIpc) is 1.79. The summed E-state index contributed by atoms with van der Waals surface area (Å²) in [5, 5.41) is 12.7. The fourth-order valence-corrected chi connectivity index (χ4v) is 12.4. The first-order valence-electron chi connectivity index (χ1n) is 29.4. The first kappa shape index (κ1) is 60.7. The van der Waals surface area contributed by atoms with Gasteiger partial charge in [0.25, 0.3) is 0 Å². The van der Waals surface area contributed by atoms with Crippen LogP contribution in [0.3, 0.4) is 0 Å². The van der Waals surface area contributed by atoms with Crippen molar-refractivity contribution in [3.05, 3.63) is 143 Å². The van der Waals surface area contributed by atoms with Crippen LogP contribution in [0.5, 0.6) is 0 Å². The Morgan fingerprint density at radius 2 is 0.618 bits per heavy atom. The number of carbonyl (C=O) groups excluding carboxylic acids is 4. The molecule has 5 heterocycles. The van der Waals surface area contributed by atoms with Crippen molar-refractivity contribution in [1.29, 1.82) is 0 Å². The number of nitrogens with zero attached hydrogens (tertiary/aromatic N) is 4. The molecule has 6 aliphatic rings. The van der Waals surface area contributed by atoms with Crippen LogP contribution in [-0.4, -0.2) is 33.6 Å². The van der Waals surface area contributed by atoms with Gasteiger partial charge in [-0.1, -0.05) is 116 Å². The molecular weight excluding hydrogens is 1190 g/mol. The van der Waals surface area contributed by atoms with E-state index in [0.717, 1.165) is 24.3 Å². The van der Waals surface area contributed by atoms with E-state index in [2.05, 4.69) is 21.3 Å². The minimum atomic E-state index is -4.67. The van der Waals surface area contributed by atoms with Crippen LogP contribution < -0.4 is 31.2 Å². The number of hydrogen-bond acceptors (Lipinski definition) is 6. The van der Waals surface area contributed by atoms with Gasteiger partial charge in [0.15, 0.2) is 0 Å². The van der Waals surface area contributed by atoms with Crippen LogP contribution in [0.25, 0.3) is 90.9 Å². The van der Waals surface area contributed by atoms with Crippen LogP contribution in [0.4, 0.5) is 49.1 Å². The Morgan fingerprint density at radius 1 is 0.382 bits per heavy atom. The number of halogens is 6. The first-order chi connectivity index (χ1) is 41.5. The van der Waals surface area contributed by atoms with Crippen molar-refractivity contribution in [2.45, 2.75) is 93.4 Å².